The minimum Gasteiger partial charge on any atom is -0.508 e. The van der Waals surface area contributed by atoms with E-state index in [1.165, 1.54) is 25.3 Å². The summed E-state index contributed by atoms with van der Waals surface area (Å²) >= 11 is 0. The maximum atomic E-state index is 13.0. The van der Waals surface area contributed by atoms with Crippen LogP contribution < -0.4 is 9.47 Å². The van der Waals surface area contributed by atoms with Gasteiger partial charge in [-0.05, 0) is 58.1 Å². The van der Waals surface area contributed by atoms with E-state index < -0.39 is 11.7 Å². The lowest BCUT2D eigenvalue weighted by Gasteiger charge is -2.30. The third kappa shape index (κ3) is 5.42. The lowest BCUT2D eigenvalue weighted by Crippen LogP contribution is -2.23. The third-order valence-electron chi connectivity index (χ3n) is 6.07. The van der Waals surface area contributed by atoms with Crippen LogP contribution in [0.4, 0.5) is 0 Å². The summed E-state index contributed by atoms with van der Waals surface area (Å²) in [5.74, 6) is -0.393. The Morgan fingerprint density at radius 2 is 1.94 bits per heavy atom. The van der Waals surface area contributed by atoms with Crippen molar-refractivity contribution in [3.05, 3.63) is 53.1 Å². The zero-order chi connectivity index (χ0) is 24.5. The van der Waals surface area contributed by atoms with Crippen molar-refractivity contribution in [3.8, 4) is 28.7 Å². The highest BCUT2D eigenvalue weighted by molar-refractivity contribution is 6.03. The van der Waals surface area contributed by atoms with E-state index in [9.17, 15) is 25.2 Å². The summed E-state index contributed by atoms with van der Waals surface area (Å²) < 4.78 is 11.6. The predicted octanol–water partition coefficient (Wildman–Crippen LogP) is 4.80. The Kier molecular flexibility index (Phi) is 6.93. The summed E-state index contributed by atoms with van der Waals surface area (Å²) in [5, 5.41) is 41.0. The Morgan fingerprint density at radius 3 is 2.55 bits per heavy atom. The molecular formula is C26H32O7. The fourth-order valence-corrected chi connectivity index (χ4v) is 4.16. The van der Waals surface area contributed by atoms with E-state index in [-0.39, 0.29) is 46.7 Å². The molecule has 0 fully saturated rings. The van der Waals surface area contributed by atoms with Gasteiger partial charge in [-0.15, -0.1) is 0 Å². The number of carbonyl (C=O) groups excluding carboxylic acids is 1. The Morgan fingerprint density at radius 1 is 1.24 bits per heavy atom. The molecule has 1 aliphatic rings. The van der Waals surface area contributed by atoms with Crippen LogP contribution in [0.5, 0.6) is 28.7 Å². The molecule has 1 aliphatic heterocycles. The maximum absolute atomic E-state index is 13.0. The Bertz CT molecular complexity index is 1070. The molecular weight excluding hydrogens is 424 g/mol. The minimum absolute atomic E-state index is 0.0187. The van der Waals surface area contributed by atoms with Gasteiger partial charge in [-0.25, -0.2) is 0 Å². The van der Waals surface area contributed by atoms with E-state index >= 15 is 0 Å². The molecule has 0 aromatic heterocycles. The molecule has 4 N–H and O–H groups in total. The molecule has 3 rings (SSSR count). The van der Waals surface area contributed by atoms with E-state index in [2.05, 4.69) is 6.58 Å². The Labute approximate surface area is 193 Å². The first-order valence-electron chi connectivity index (χ1n) is 10.9. The molecule has 33 heavy (non-hydrogen) atoms. The van der Waals surface area contributed by atoms with Crippen molar-refractivity contribution in [1.29, 1.82) is 0 Å². The molecule has 0 spiro atoms. The SMILES string of the molecule is C=C(C)C(CCC(C)(C)O)Cc1c(O)cc(O)c2c1O[C@H](c1ccc(O)cc1OC)CC2=O. The van der Waals surface area contributed by atoms with E-state index in [0.717, 1.165) is 5.57 Å². The smallest absolute Gasteiger partial charge is 0.174 e. The van der Waals surface area contributed by atoms with Crippen LogP contribution in [-0.4, -0.2) is 38.9 Å². The number of carbonyl (C=O) groups is 1. The summed E-state index contributed by atoms with van der Waals surface area (Å²) in [6.45, 7) is 9.42. The third-order valence-corrected chi connectivity index (χ3v) is 6.07. The number of methoxy groups -OCH3 is 1. The van der Waals surface area contributed by atoms with Crippen LogP contribution in [0.1, 0.15) is 67.6 Å². The van der Waals surface area contributed by atoms with Gasteiger partial charge in [-0.3, -0.25) is 4.79 Å². The molecule has 2 atom stereocenters. The van der Waals surface area contributed by atoms with E-state index in [4.69, 9.17) is 9.47 Å². The van der Waals surface area contributed by atoms with Crippen LogP contribution in [0.15, 0.2) is 36.4 Å². The highest BCUT2D eigenvalue weighted by atomic mass is 16.5. The monoisotopic (exact) mass is 456 g/mol. The summed E-state index contributed by atoms with van der Waals surface area (Å²) in [7, 11) is 1.46. The van der Waals surface area contributed by atoms with Gasteiger partial charge in [-0.1, -0.05) is 12.2 Å². The summed E-state index contributed by atoms with van der Waals surface area (Å²) in [6, 6.07) is 5.71. The quantitative estimate of drug-likeness (QED) is 0.421. The fraction of sp³-hybridized carbons (Fsp3) is 0.423. The topological polar surface area (TPSA) is 116 Å². The highest BCUT2D eigenvalue weighted by Gasteiger charge is 2.35. The van der Waals surface area contributed by atoms with Crippen LogP contribution in [0.2, 0.25) is 0 Å². The second-order valence-corrected chi connectivity index (χ2v) is 9.36. The highest BCUT2D eigenvalue weighted by Crippen LogP contribution is 2.48. The number of aliphatic hydroxyl groups is 1. The number of hydrogen-bond acceptors (Lipinski definition) is 7. The van der Waals surface area contributed by atoms with E-state index in [1.807, 2.05) is 6.92 Å². The lowest BCUT2D eigenvalue weighted by molar-refractivity contribution is 0.0650. The number of rotatable bonds is 8. The summed E-state index contributed by atoms with van der Waals surface area (Å²) in [6.07, 6.45) is 0.719. The largest absolute Gasteiger partial charge is 0.508 e. The van der Waals surface area contributed by atoms with Gasteiger partial charge in [0.05, 0.1) is 19.1 Å². The van der Waals surface area contributed by atoms with Crippen LogP contribution in [0.25, 0.3) is 0 Å². The first-order chi connectivity index (χ1) is 15.4. The van der Waals surface area contributed by atoms with Gasteiger partial charge in [0.1, 0.15) is 40.4 Å². The second-order valence-electron chi connectivity index (χ2n) is 9.36. The average molecular weight is 457 g/mol. The number of phenolic OH excluding ortho intramolecular Hbond substituents is 3. The minimum atomic E-state index is -0.850. The van der Waals surface area contributed by atoms with Crippen molar-refractivity contribution >= 4 is 5.78 Å². The molecule has 0 amide bonds. The predicted molar refractivity (Wildman–Crippen MR) is 124 cm³/mol. The molecule has 0 bridgehead atoms. The molecule has 7 nitrogen and oxygen atoms in total. The van der Waals surface area contributed by atoms with Crippen molar-refractivity contribution < 1.29 is 34.7 Å². The molecule has 1 heterocycles. The molecule has 7 heteroatoms. The van der Waals surface area contributed by atoms with Crippen molar-refractivity contribution in [2.24, 2.45) is 5.92 Å². The number of aromatic hydroxyl groups is 3. The fourth-order valence-electron chi connectivity index (χ4n) is 4.16. The first-order valence-corrected chi connectivity index (χ1v) is 10.9. The zero-order valence-electron chi connectivity index (χ0n) is 19.5. The average Bonchev–Trinajstić information content (AvgIpc) is 2.71. The molecule has 0 aliphatic carbocycles. The van der Waals surface area contributed by atoms with Crippen LogP contribution in [0.3, 0.4) is 0 Å². The van der Waals surface area contributed by atoms with Crippen LogP contribution >= 0.6 is 0 Å². The molecule has 2 aromatic carbocycles. The van der Waals surface area contributed by atoms with E-state index in [1.54, 1.807) is 19.9 Å². The maximum Gasteiger partial charge on any atom is 0.174 e. The van der Waals surface area contributed by atoms with Gasteiger partial charge >= 0.3 is 0 Å². The molecule has 2 aromatic rings. The molecule has 1 unspecified atom stereocenters. The normalized spacial score (nSPS) is 16.6. The number of allylic oxidation sites excluding steroid dienone is 1. The Hall–Kier alpha value is -3.19. The number of phenols is 3. The lowest BCUT2D eigenvalue weighted by atomic mass is 9.84. The van der Waals surface area contributed by atoms with Gasteiger partial charge < -0.3 is 29.9 Å². The van der Waals surface area contributed by atoms with E-state index in [0.29, 0.717) is 36.1 Å². The summed E-state index contributed by atoms with van der Waals surface area (Å²) in [4.78, 5) is 13.0. The van der Waals surface area contributed by atoms with Crippen molar-refractivity contribution in [1.82, 2.24) is 0 Å². The van der Waals surface area contributed by atoms with Crippen LogP contribution in [0, 0.1) is 5.92 Å². The molecule has 0 saturated heterocycles. The van der Waals surface area contributed by atoms with Crippen molar-refractivity contribution in [2.75, 3.05) is 7.11 Å². The second kappa shape index (κ2) is 9.35. The Balaban J connectivity index is 2.03. The van der Waals surface area contributed by atoms with Gasteiger partial charge in [-0.2, -0.15) is 0 Å². The number of fused-ring (bicyclic) bond motifs is 1. The number of hydrogen-bond donors (Lipinski definition) is 4. The van der Waals surface area contributed by atoms with Crippen LogP contribution in [-0.2, 0) is 6.42 Å². The number of Topliss-reactive ketones (excluding diaryl/α,β-unsaturated/α-hetero) is 1. The molecule has 0 radical (unpaired) electrons. The van der Waals surface area contributed by atoms with Gasteiger partial charge in [0.25, 0.3) is 0 Å². The number of ketones is 1. The number of ether oxygens (including phenoxy) is 2. The van der Waals surface area contributed by atoms with Gasteiger partial charge in [0.2, 0.25) is 0 Å². The number of benzene rings is 2. The van der Waals surface area contributed by atoms with Crippen molar-refractivity contribution in [3.63, 3.8) is 0 Å². The molecule has 0 saturated carbocycles. The first kappa shape index (κ1) is 24.5. The van der Waals surface area contributed by atoms with Crippen molar-refractivity contribution in [2.45, 2.75) is 58.2 Å². The van der Waals surface area contributed by atoms with Gasteiger partial charge in [0, 0.05) is 23.3 Å². The standard InChI is InChI=1S/C26H32O7/c1-14(2)15(8-9-26(3,4)31)10-18-19(28)12-20(29)24-21(30)13-23(33-25(18)24)17-7-6-16(27)11-22(17)32-5/h6-7,11-12,15,23,27-29,31H,1,8-10,13H2,2-5H3/t15?,23-/m0/s1. The summed E-state index contributed by atoms with van der Waals surface area (Å²) in [5.41, 5.74) is 1.04. The zero-order valence-corrected chi connectivity index (χ0v) is 19.5. The van der Waals surface area contributed by atoms with Gasteiger partial charge in [0.15, 0.2) is 5.78 Å². The molecule has 178 valence electrons.